The maximum Gasteiger partial charge on any atom is 0.160 e. The first kappa shape index (κ1) is 28.0. The van der Waals surface area contributed by atoms with E-state index in [0.717, 1.165) is 44.3 Å². The Labute approximate surface area is 293 Å². The Kier molecular flexibility index (Phi) is 5.96. The largest absolute Gasteiger partial charge is 0.454 e. The number of rotatable bonds is 4. The lowest BCUT2D eigenvalue weighted by atomic mass is 9.98. The van der Waals surface area contributed by atoms with Crippen LogP contribution in [0, 0.1) is 0 Å². The summed E-state index contributed by atoms with van der Waals surface area (Å²) >= 11 is 0. The fraction of sp³-hybridized carbons (Fsp3) is 0. The Bertz CT molecular complexity index is 3130. The summed E-state index contributed by atoms with van der Waals surface area (Å²) in [5.74, 6) is 0. The van der Waals surface area contributed by atoms with Crippen molar-refractivity contribution in [2.24, 2.45) is 0 Å². The SMILES string of the molecule is c1ccc(-c2ccc(-n3c4ccccc4c4c(-c5ccc6c7ccccc7n(-c7ccccc7)c6c5)cccc43)c3oc4ccccc4c23)cc1. The third-order valence-electron chi connectivity index (χ3n) is 10.5. The molecule has 0 unspecified atom stereocenters. The van der Waals surface area contributed by atoms with Crippen LogP contribution < -0.4 is 0 Å². The molecular formula is C48H30N2O. The summed E-state index contributed by atoms with van der Waals surface area (Å²) in [6.07, 6.45) is 0. The molecule has 0 fully saturated rings. The van der Waals surface area contributed by atoms with E-state index < -0.39 is 0 Å². The second-order valence-corrected chi connectivity index (χ2v) is 13.3. The number of hydrogen-bond acceptors (Lipinski definition) is 1. The molecule has 0 aliphatic carbocycles. The van der Waals surface area contributed by atoms with E-state index in [0.29, 0.717) is 0 Å². The lowest BCUT2D eigenvalue weighted by Gasteiger charge is -2.12. The summed E-state index contributed by atoms with van der Waals surface area (Å²) in [6.45, 7) is 0. The first-order valence-electron chi connectivity index (χ1n) is 17.4. The van der Waals surface area contributed by atoms with Gasteiger partial charge in [-0.3, -0.25) is 0 Å². The number of aromatic nitrogens is 2. The smallest absolute Gasteiger partial charge is 0.160 e. The van der Waals surface area contributed by atoms with Gasteiger partial charge in [-0.1, -0.05) is 133 Å². The number of furan rings is 1. The molecule has 8 aromatic carbocycles. The third-order valence-corrected chi connectivity index (χ3v) is 10.5. The lowest BCUT2D eigenvalue weighted by molar-refractivity contribution is 0.666. The molecule has 3 aromatic heterocycles. The molecule has 238 valence electrons. The van der Waals surface area contributed by atoms with Crippen LogP contribution in [0.3, 0.4) is 0 Å². The van der Waals surface area contributed by atoms with E-state index in [1.54, 1.807) is 0 Å². The maximum atomic E-state index is 6.79. The van der Waals surface area contributed by atoms with Crippen LogP contribution in [0.5, 0.6) is 0 Å². The molecule has 3 heterocycles. The van der Waals surface area contributed by atoms with Crippen molar-refractivity contribution in [1.29, 1.82) is 0 Å². The van der Waals surface area contributed by atoms with Gasteiger partial charge in [0.2, 0.25) is 0 Å². The quantitative estimate of drug-likeness (QED) is 0.186. The summed E-state index contributed by atoms with van der Waals surface area (Å²) in [5.41, 5.74) is 13.4. The number of benzene rings is 8. The van der Waals surface area contributed by atoms with Gasteiger partial charge in [-0.25, -0.2) is 0 Å². The Morgan fingerprint density at radius 1 is 0.353 bits per heavy atom. The van der Waals surface area contributed by atoms with E-state index in [-0.39, 0.29) is 0 Å². The van der Waals surface area contributed by atoms with Gasteiger partial charge >= 0.3 is 0 Å². The van der Waals surface area contributed by atoms with E-state index in [9.17, 15) is 0 Å². The van der Waals surface area contributed by atoms with Crippen molar-refractivity contribution in [3.63, 3.8) is 0 Å². The van der Waals surface area contributed by atoms with Crippen LogP contribution in [0.1, 0.15) is 0 Å². The average Bonchev–Trinajstić information content (AvgIpc) is 3.86. The summed E-state index contributed by atoms with van der Waals surface area (Å²) in [4.78, 5) is 0. The Morgan fingerprint density at radius 3 is 1.80 bits per heavy atom. The van der Waals surface area contributed by atoms with E-state index in [4.69, 9.17) is 4.42 Å². The fourth-order valence-corrected chi connectivity index (χ4v) is 8.36. The molecule has 0 saturated heterocycles. The Balaban J connectivity index is 1.21. The van der Waals surface area contributed by atoms with Crippen molar-refractivity contribution in [1.82, 2.24) is 9.13 Å². The van der Waals surface area contributed by atoms with Gasteiger partial charge in [-0.15, -0.1) is 0 Å². The van der Waals surface area contributed by atoms with Crippen molar-refractivity contribution in [3.8, 4) is 33.6 Å². The van der Waals surface area contributed by atoms with Crippen LogP contribution in [0.4, 0.5) is 0 Å². The molecule has 3 nitrogen and oxygen atoms in total. The summed E-state index contributed by atoms with van der Waals surface area (Å²) in [7, 11) is 0. The minimum Gasteiger partial charge on any atom is -0.454 e. The zero-order chi connectivity index (χ0) is 33.5. The number of hydrogen-bond donors (Lipinski definition) is 0. The standard InChI is InChI=1S/C48H30N2O/c1-3-14-31(15-4-1)35-28-29-43(48-47(35)39-20-9-12-25-45(39)51-48)50-41-23-11-8-19-38(41)46-34(21-13-24-42(46)50)32-26-27-37-36-18-7-10-22-40(36)49(44(37)30-32)33-16-5-2-6-17-33/h1-30H. The molecule has 0 aliphatic rings. The highest BCUT2D eigenvalue weighted by atomic mass is 16.3. The van der Waals surface area contributed by atoms with Gasteiger partial charge in [0.1, 0.15) is 5.58 Å². The van der Waals surface area contributed by atoms with Gasteiger partial charge in [0.05, 0.1) is 27.8 Å². The van der Waals surface area contributed by atoms with Crippen LogP contribution in [-0.2, 0) is 0 Å². The molecule has 0 saturated carbocycles. The van der Waals surface area contributed by atoms with Crippen molar-refractivity contribution in [3.05, 3.63) is 182 Å². The highest BCUT2D eigenvalue weighted by Crippen LogP contribution is 2.44. The fourth-order valence-electron chi connectivity index (χ4n) is 8.36. The maximum absolute atomic E-state index is 6.79. The molecule has 0 atom stereocenters. The number of para-hydroxylation sites is 4. The van der Waals surface area contributed by atoms with Crippen LogP contribution in [0.2, 0.25) is 0 Å². The van der Waals surface area contributed by atoms with Crippen molar-refractivity contribution < 1.29 is 4.42 Å². The zero-order valence-electron chi connectivity index (χ0n) is 27.6. The molecule has 0 spiro atoms. The van der Waals surface area contributed by atoms with Crippen LogP contribution in [0.15, 0.2) is 186 Å². The topological polar surface area (TPSA) is 23.0 Å². The van der Waals surface area contributed by atoms with E-state index in [2.05, 4.69) is 185 Å². The molecule has 11 aromatic rings. The van der Waals surface area contributed by atoms with Gasteiger partial charge in [-0.05, 0) is 70.8 Å². The monoisotopic (exact) mass is 650 g/mol. The molecule has 0 aliphatic heterocycles. The van der Waals surface area contributed by atoms with E-state index >= 15 is 0 Å². The number of nitrogens with zero attached hydrogens (tertiary/aromatic N) is 2. The summed E-state index contributed by atoms with van der Waals surface area (Å²) in [6, 6.07) is 65.3. The van der Waals surface area contributed by atoms with Crippen LogP contribution in [0.25, 0.3) is 99.2 Å². The Hall–Kier alpha value is -6.84. The van der Waals surface area contributed by atoms with Gasteiger partial charge in [0.15, 0.2) is 5.58 Å². The highest BCUT2D eigenvalue weighted by Gasteiger charge is 2.22. The first-order valence-corrected chi connectivity index (χ1v) is 17.4. The molecule has 0 amide bonds. The van der Waals surface area contributed by atoms with Gasteiger partial charge in [0, 0.05) is 38.0 Å². The van der Waals surface area contributed by atoms with E-state index in [1.807, 2.05) is 6.07 Å². The van der Waals surface area contributed by atoms with Crippen molar-refractivity contribution in [2.45, 2.75) is 0 Å². The van der Waals surface area contributed by atoms with Crippen molar-refractivity contribution in [2.75, 3.05) is 0 Å². The average molecular weight is 651 g/mol. The zero-order valence-corrected chi connectivity index (χ0v) is 27.6. The first-order chi connectivity index (χ1) is 25.3. The minimum absolute atomic E-state index is 0.888. The number of fused-ring (bicyclic) bond motifs is 9. The molecule has 0 N–H and O–H groups in total. The van der Waals surface area contributed by atoms with Crippen LogP contribution in [-0.4, -0.2) is 9.13 Å². The second kappa shape index (κ2) is 10.8. The summed E-state index contributed by atoms with van der Waals surface area (Å²) < 4.78 is 11.6. The molecular weight excluding hydrogens is 621 g/mol. The minimum atomic E-state index is 0.888. The Morgan fingerprint density at radius 2 is 0.980 bits per heavy atom. The van der Waals surface area contributed by atoms with Crippen LogP contribution >= 0.6 is 0 Å². The third kappa shape index (κ3) is 4.06. The molecule has 0 radical (unpaired) electrons. The van der Waals surface area contributed by atoms with E-state index in [1.165, 1.54) is 54.8 Å². The van der Waals surface area contributed by atoms with Gasteiger partial charge in [-0.2, -0.15) is 0 Å². The normalized spacial score (nSPS) is 11.9. The molecule has 3 heteroatoms. The predicted octanol–water partition coefficient (Wildman–Crippen LogP) is 13.1. The van der Waals surface area contributed by atoms with Crippen molar-refractivity contribution >= 4 is 65.6 Å². The summed E-state index contributed by atoms with van der Waals surface area (Å²) in [5, 5.41) is 7.20. The molecule has 0 bridgehead atoms. The van der Waals surface area contributed by atoms with Gasteiger partial charge < -0.3 is 13.6 Å². The van der Waals surface area contributed by atoms with Gasteiger partial charge in [0.25, 0.3) is 0 Å². The predicted molar refractivity (Wildman–Crippen MR) is 213 cm³/mol. The highest BCUT2D eigenvalue weighted by molar-refractivity contribution is 6.19. The molecule has 11 rings (SSSR count). The second-order valence-electron chi connectivity index (χ2n) is 13.3. The molecule has 51 heavy (non-hydrogen) atoms. The lowest BCUT2D eigenvalue weighted by Crippen LogP contribution is -1.95.